The number of urea groups is 1. The standard InChI is InChI=1S/C13H22N2O4/c1-19-9-5-7-15(8-6-9)13(18)14-11-4-2-3-10(11)12(16)17/h9-11H,2-8H2,1H3,(H,14,18)(H,16,17). The maximum atomic E-state index is 12.1. The molecule has 1 heterocycles. The first-order valence-electron chi connectivity index (χ1n) is 6.93. The molecular weight excluding hydrogens is 248 g/mol. The number of ether oxygens (including phenoxy) is 1. The quantitative estimate of drug-likeness (QED) is 0.803. The van der Waals surface area contributed by atoms with E-state index >= 15 is 0 Å². The fourth-order valence-corrected chi connectivity index (χ4v) is 2.97. The SMILES string of the molecule is COC1CCN(C(=O)NC2CCCC2C(=O)O)CC1. The highest BCUT2D eigenvalue weighted by atomic mass is 16.5. The summed E-state index contributed by atoms with van der Waals surface area (Å²) < 4.78 is 5.27. The number of methoxy groups -OCH3 is 1. The van der Waals surface area contributed by atoms with Gasteiger partial charge < -0.3 is 20.1 Å². The van der Waals surface area contributed by atoms with E-state index in [0.29, 0.717) is 19.5 Å². The first-order valence-corrected chi connectivity index (χ1v) is 6.93. The van der Waals surface area contributed by atoms with Gasteiger partial charge in [0.25, 0.3) is 0 Å². The number of likely N-dealkylation sites (tertiary alicyclic amines) is 1. The summed E-state index contributed by atoms with van der Waals surface area (Å²) >= 11 is 0. The molecule has 1 aliphatic carbocycles. The lowest BCUT2D eigenvalue weighted by atomic mass is 10.0. The average molecular weight is 270 g/mol. The second-order valence-electron chi connectivity index (χ2n) is 5.35. The van der Waals surface area contributed by atoms with Crippen LogP contribution in [0.25, 0.3) is 0 Å². The first kappa shape index (κ1) is 14.1. The Morgan fingerprint density at radius 3 is 2.47 bits per heavy atom. The Hall–Kier alpha value is -1.30. The summed E-state index contributed by atoms with van der Waals surface area (Å²) in [6.07, 6.45) is 4.22. The number of amides is 2. The van der Waals surface area contributed by atoms with Gasteiger partial charge in [0.2, 0.25) is 0 Å². The minimum Gasteiger partial charge on any atom is -0.481 e. The number of hydrogen-bond acceptors (Lipinski definition) is 3. The van der Waals surface area contributed by atoms with Crippen LogP contribution in [0.4, 0.5) is 4.79 Å². The summed E-state index contributed by atoms with van der Waals surface area (Å²) in [5.74, 6) is -1.23. The molecule has 0 spiro atoms. The van der Waals surface area contributed by atoms with E-state index < -0.39 is 11.9 Å². The largest absolute Gasteiger partial charge is 0.481 e. The Bertz CT molecular complexity index is 340. The number of nitrogens with one attached hydrogen (secondary N) is 1. The molecule has 1 aliphatic heterocycles. The predicted octanol–water partition coefficient (Wildman–Crippen LogP) is 1.06. The molecule has 6 nitrogen and oxygen atoms in total. The van der Waals surface area contributed by atoms with Gasteiger partial charge in [-0.05, 0) is 25.7 Å². The summed E-state index contributed by atoms with van der Waals surface area (Å²) in [6, 6.07) is -0.349. The van der Waals surface area contributed by atoms with Crippen molar-refractivity contribution in [2.24, 2.45) is 5.92 Å². The van der Waals surface area contributed by atoms with Crippen LogP contribution in [-0.2, 0) is 9.53 Å². The van der Waals surface area contributed by atoms with E-state index in [2.05, 4.69) is 5.32 Å². The smallest absolute Gasteiger partial charge is 0.317 e. The van der Waals surface area contributed by atoms with Crippen LogP contribution in [0.2, 0.25) is 0 Å². The molecule has 0 radical (unpaired) electrons. The Morgan fingerprint density at radius 1 is 1.21 bits per heavy atom. The molecule has 2 aliphatic rings. The van der Waals surface area contributed by atoms with Crippen molar-refractivity contribution in [3.05, 3.63) is 0 Å². The fourth-order valence-electron chi connectivity index (χ4n) is 2.97. The topological polar surface area (TPSA) is 78.9 Å². The van der Waals surface area contributed by atoms with Crippen molar-refractivity contribution in [3.63, 3.8) is 0 Å². The van der Waals surface area contributed by atoms with Crippen LogP contribution in [0.1, 0.15) is 32.1 Å². The molecule has 2 rings (SSSR count). The molecule has 2 unspecified atom stereocenters. The molecule has 2 atom stereocenters. The van der Waals surface area contributed by atoms with Gasteiger partial charge in [0.1, 0.15) is 0 Å². The lowest BCUT2D eigenvalue weighted by Crippen LogP contribution is -2.50. The molecule has 1 saturated heterocycles. The third-order valence-electron chi connectivity index (χ3n) is 4.20. The lowest BCUT2D eigenvalue weighted by molar-refractivity contribution is -0.142. The summed E-state index contributed by atoms with van der Waals surface area (Å²) in [5.41, 5.74) is 0. The van der Waals surface area contributed by atoms with Gasteiger partial charge in [0, 0.05) is 26.2 Å². The molecule has 0 aromatic heterocycles. The molecule has 2 amide bonds. The highest BCUT2D eigenvalue weighted by molar-refractivity contribution is 5.77. The number of carboxylic acids is 1. The summed E-state index contributed by atoms with van der Waals surface area (Å²) in [5, 5.41) is 12.0. The van der Waals surface area contributed by atoms with E-state index in [1.54, 1.807) is 12.0 Å². The summed E-state index contributed by atoms with van der Waals surface area (Å²) in [6.45, 7) is 1.35. The van der Waals surface area contributed by atoms with Gasteiger partial charge in [0.15, 0.2) is 0 Å². The molecular formula is C13H22N2O4. The summed E-state index contributed by atoms with van der Waals surface area (Å²) in [7, 11) is 1.69. The number of carbonyl (C=O) groups is 2. The van der Waals surface area contributed by atoms with E-state index in [9.17, 15) is 9.59 Å². The number of aliphatic carboxylic acids is 1. The normalized spacial score (nSPS) is 28.4. The maximum absolute atomic E-state index is 12.1. The third kappa shape index (κ3) is 3.37. The van der Waals surface area contributed by atoms with Crippen LogP contribution >= 0.6 is 0 Å². The van der Waals surface area contributed by atoms with Crippen LogP contribution in [0.5, 0.6) is 0 Å². The van der Waals surface area contributed by atoms with Gasteiger partial charge >= 0.3 is 12.0 Å². The highest BCUT2D eigenvalue weighted by Crippen LogP contribution is 2.26. The lowest BCUT2D eigenvalue weighted by Gasteiger charge is -2.32. The van der Waals surface area contributed by atoms with Crippen LogP contribution < -0.4 is 5.32 Å². The van der Waals surface area contributed by atoms with Crippen molar-refractivity contribution >= 4 is 12.0 Å². The van der Waals surface area contributed by atoms with E-state index in [4.69, 9.17) is 9.84 Å². The molecule has 2 N–H and O–H groups in total. The average Bonchev–Trinajstić information content (AvgIpc) is 2.87. The van der Waals surface area contributed by atoms with E-state index in [1.165, 1.54) is 0 Å². The molecule has 1 saturated carbocycles. The van der Waals surface area contributed by atoms with E-state index in [0.717, 1.165) is 25.7 Å². The molecule has 108 valence electrons. The Kier molecular flexibility index (Phi) is 4.63. The molecule has 0 bridgehead atoms. The van der Waals surface area contributed by atoms with Gasteiger partial charge in [-0.2, -0.15) is 0 Å². The predicted molar refractivity (Wildman–Crippen MR) is 68.9 cm³/mol. The Morgan fingerprint density at radius 2 is 1.89 bits per heavy atom. The second-order valence-corrected chi connectivity index (χ2v) is 5.35. The van der Waals surface area contributed by atoms with Gasteiger partial charge in [-0.3, -0.25) is 4.79 Å². The molecule has 0 aromatic rings. The van der Waals surface area contributed by atoms with E-state index in [-0.39, 0.29) is 18.2 Å². The van der Waals surface area contributed by atoms with Crippen molar-refractivity contribution in [1.29, 1.82) is 0 Å². The van der Waals surface area contributed by atoms with Gasteiger partial charge in [-0.15, -0.1) is 0 Å². The zero-order chi connectivity index (χ0) is 13.8. The van der Waals surface area contributed by atoms with Crippen molar-refractivity contribution in [2.45, 2.75) is 44.2 Å². The number of carbonyl (C=O) groups excluding carboxylic acids is 1. The van der Waals surface area contributed by atoms with Gasteiger partial charge in [-0.25, -0.2) is 4.79 Å². The minimum atomic E-state index is -0.805. The molecule has 6 heteroatoms. The van der Waals surface area contributed by atoms with Crippen molar-refractivity contribution in [3.8, 4) is 0 Å². The van der Waals surface area contributed by atoms with Crippen LogP contribution in [-0.4, -0.2) is 54.4 Å². The van der Waals surface area contributed by atoms with Gasteiger partial charge in [0.05, 0.1) is 12.0 Å². The zero-order valence-electron chi connectivity index (χ0n) is 11.3. The van der Waals surface area contributed by atoms with Crippen molar-refractivity contribution < 1.29 is 19.4 Å². The van der Waals surface area contributed by atoms with Crippen molar-refractivity contribution in [2.75, 3.05) is 20.2 Å². The minimum absolute atomic E-state index is 0.132. The van der Waals surface area contributed by atoms with Gasteiger partial charge in [-0.1, -0.05) is 6.42 Å². The maximum Gasteiger partial charge on any atom is 0.317 e. The van der Waals surface area contributed by atoms with Crippen LogP contribution in [0, 0.1) is 5.92 Å². The molecule has 2 fully saturated rings. The highest BCUT2D eigenvalue weighted by Gasteiger charge is 2.35. The van der Waals surface area contributed by atoms with Crippen LogP contribution in [0.15, 0.2) is 0 Å². The van der Waals surface area contributed by atoms with Crippen molar-refractivity contribution in [1.82, 2.24) is 10.2 Å². The van der Waals surface area contributed by atoms with E-state index in [1.807, 2.05) is 0 Å². The fraction of sp³-hybridized carbons (Fsp3) is 0.846. The monoisotopic (exact) mass is 270 g/mol. The second kappa shape index (κ2) is 6.23. The number of piperidine rings is 1. The number of nitrogens with zero attached hydrogens (tertiary/aromatic N) is 1. The first-order chi connectivity index (χ1) is 9.11. The number of hydrogen-bond donors (Lipinski definition) is 2. The summed E-state index contributed by atoms with van der Waals surface area (Å²) in [4.78, 5) is 24.9. The Balaban J connectivity index is 1.82. The number of rotatable bonds is 3. The molecule has 0 aromatic carbocycles. The molecule has 19 heavy (non-hydrogen) atoms. The number of carboxylic acid groups (broad SMARTS) is 1. The Labute approximate surface area is 113 Å². The zero-order valence-corrected chi connectivity index (χ0v) is 11.3. The third-order valence-corrected chi connectivity index (χ3v) is 4.20. The van der Waals surface area contributed by atoms with Crippen LogP contribution in [0.3, 0.4) is 0 Å².